The van der Waals surface area contributed by atoms with Crippen LogP contribution in [0, 0.1) is 0 Å². The SMILES string of the molecule is CC/C=C\C/C=C\C/C=C\C/C=C\C/C=C\C/C=C\C/C=C\C/C=C\CCCCC(=O)OCC(COC(=O)CCCCCCC/C=C\C/C=C\CCC)OC(=O)CCCCCCCCCC/C=C\C/C=C\C/C=C\CCCCCCC. The van der Waals surface area contributed by atoms with E-state index in [0.717, 1.165) is 154 Å². The maximum Gasteiger partial charge on any atom is 0.306 e. The van der Waals surface area contributed by atoms with Crippen molar-refractivity contribution in [2.24, 2.45) is 0 Å². The lowest BCUT2D eigenvalue weighted by molar-refractivity contribution is -0.167. The average Bonchev–Trinajstić information content (AvgIpc) is 3.46. The lowest BCUT2D eigenvalue weighted by atomic mass is 10.1. The minimum Gasteiger partial charge on any atom is -0.462 e. The standard InChI is InChI=1S/C75H120O6/c1-4-7-10-13-16-19-22-25-27-29-31-33-35-36-37-38-40-41-43-45-47-50-53-56-59-62-65-68-74(77)80-71-72(70-79-73(76)67-64-61-58-55-52-49-24-21-18-15-12-9-6-3)81-75(78)69-66-63-60-57-54-51-48-46-44-42-39-34-32-30-28-26-23-20-17-14-11-8-5-2/h7,10,12,15-16,19,21,23-27,30-33,36-37,39-42,45,47,53,56,72H,4-6,8-9,11,13-14,17-18,20,22,28-29,34-35,38,43-44,46,48-52,54-55,57-71H2,1-3H3/b10-7-,15-12-,19-16-,24-21-,26-23-,27-25-,32-30-,33-31-,37-36-,41-40-,42-39-,47-45-,56-53-. The van der Waals surface area contributed by atoms with E-state index in [0.29, 0.717) is 25.7 Å². The molecule has 6 nitrogen and oxygen atoms in total. The zero-order chi connectivity index (χ0) is 58.5. The summed E-state index contributed by atoms with van der Waals surface area (Å²) in [5.41, 5.74) is 0. The molecule has 6 heteroatoms. The highest BCUT2D eigenvalue weighted by molar-refractivity contribution is 5.71. The van der Waals surface area contributed by atoms with Crippen LogP contribution in [0.2, 0.25) is 0 Å². The Morgan fingerprint density at radius 3 is 0.827 bits per heavy atom. The molecule has 0 saturated carbocycles. The van der Waals surface area contributed by atoms with Gasteiger partial charge in [-0.2, -0.15) is 0 Å². The summed E-state index contributed by atoms with van der Waals surface area (Å²) in [5, 5.41) is 0. The Labute approximate surface area is 499 Å². The molecule has 0 N–H and O–H groups in total. The number of hydrogen-bond donors (Lipinski definition) is 0. The van der Waals surface area contributed by atoms with Crippen molar-refractivity contribution in [2.75, 3.05) is 13.2 Å². The van der Waals surface area contributed by atoms with E-state index >= 15 is 0 Å². The Morgan fingerprint density at radius 1 is 0.259 bits per heavy atom. The fourth-order valence-electron chi connectivity index (χ4n) is 8.56. The van der Waals surface area contributed by atoms with Crippen LogP contribution in [-0.4, -0.2) is 37.2 Å². The van der Waals surface area contributed by atoms with E-state index in [1.54, 1.807) is 0 Å². The highest BCUT2D eigenvalue weighted by Crippen LogP contribution is 2.14. The van der Waals surface area contributed by atoms with Crippen molar-refractivity contribution >= 4 is 17.9 Å². The van der Waals surface area contributed by atoms with Gasteiger partial charge in [-0.3, -0.25) is 14.4 Å². The molecule has 0 heterocycles. The zero-order valence-electron chi connectivity index (χ0n) is 52.2. The molecule has 0 bridgehead atoms. The maximum atomic E-state index is 12.9. The summed E-state index contributed by atoms with van der Waals surface area (Å²) in [6, 6.07) is 0. The quantitative estimate of drug-likeness (QED) is 0.0261. The van der Waals surface area contributed by atoms with Gasteiger partial charge in [0.2, 0.25) is 0 Å². The first-order valence-corrected chi connectivity index (χ1v) is 33.0. The Hall–Kier alpha value is -4.97. The molecule has 0 radical (unpaired) electrons. The topological polar surface area (TPSA) is 78.9 Å². The van der Waals surface area contributed by atoms with E-state index in [1.807, 2.05) is 0 Å². The second-order valence-electron chi connectivity index (χ2n) is 21.3. The Balaban J connectivity index is 4.47. The molecule has 0 rings (SSSR count). The lowest BCUT2D eigenvalue weighted by Crippen LogP contribution is -2.30. The molecule has 0 aromatic heterocycles. The molecule has 0 aliphatic rings. The van der Waals surface area contributed by atoms with E-state index in [2.05, 4.69) is 179 Å². The molecule has 1 atom stereocenters. The normalized spacial score (nSPS) is 13.2. The molecule has 0 fully saturated rings. The van der Waals surface area contributed by atoms with E-state index in [9.17, 15) is 14.4 Å². The molecular weight excluding hydrogens is 997 g/mol. The van der Waals surface area contributed by atoms with E-state index in [-0.39, 0.29) is 31.1 Å². The first kappa shape index (κ1) is 76.0. The van der Waals surface area contributed by atoms with Crippen LogP contribution in [-0.2, 0) is 28.6 Å². The van der Waals surface area contributed by atoms with Crippen molar-refractivity contribution in [1.82, 2.24) is 0 Å². The van der Waals surface area contributed by atoms with Crippen molar-refractivity contribution in [1.29, 1.82) is 0 Å². The van der Waals surface area contributed by atoms with Crippen LogP contribution >= 0.6 is 0 Å². The van der Waals surface area contributed by atoms with Crippen LogP contribution in [0.3, 0.4) is 0 Å². The fourth-order valence-corrected chi connectivity index (χ4v) is 8.56. The third kappa shape index (κ3) is 65.7. The largest absolute Gasteiger partial charge is 0.462 e. The molecule has 0 saturated heterocycles. The first-order valence-electron chi connectivity index (χ1n) is 33.0. The highest BCUT2D eigenvalue weighted by atomic mass is 16.6. The number of hydrogen-bond acceptors (Lipinski definition) is 6. The minimum atomic E-state index is -0.816. The van der Waals surface area contributed by atoms with Gasteiger partial charge in [0.05, 0.1) is 0 Å². The summed E-state index contributed by atoms with van der Waals surface area (Å²) in [6.45, 7) is 6.40. The summed E-state index contributed by atoms with van der Waals surface area (Å²) < 4.78 is 16.9. The summed E-state index contributed by atoms with van der Waals surface area (Å²) in [6.07, 6.45) is 98.2. The molecule has 0 aromatic rings. The molecule has 0 amide bonds. The van der Waals surface area contributed by atoms with Gasteiger partial charge < -0.3 is 14.2 Å². The average molecular weight is 1120 g/mol. The lowest BCUT2D eigenvalue weighted by Gasteiger charge is -2.18. The Kier molecular flexibility index (Phi) is 63.4. The smallest absolute Gasteiger partial charge is 0.306 e. The molecule has 0 aliphatic carbocycles. The van der Waals surface area contributed by atoms with Gasteiger partial charge in [-0.15, -0.1) is 0 Å². The first-order chi connectivity index (χ1) is 40.0. The van der Waals surface area contributed by atoms with Crippen molar-refractivity contribution in [2.45, 2.75) is 284 Å². The molecule has 1 unspecified atom stereocenters. The molecule has 81 heavy (non-hydrogen) atoms. The number of allylic oxidation sites excluding steroid dienone is 26. The van der Waals surface area contributed by atoms with Gasteiger partial charge >= 0.3 is 17.9 Å². The molecular formula is C75H120O6. The predicted octanol–water partition coefficient (Wildman–Crippen LogP) is 22.9. The van der Waals surface area contributed by atoms with Crippen LogP contribution in [0.1, 0.15) is 278 Å². The van der Waals surface area contributed by atoms with E-state index < -0.39 is 6.10 Å². The second-order valence-corrected chi connectivity index (χ2v) is 21.3. The van der Waals surface area contributed by atoms with Crippen molar-refractivity contribution in [3.8, 4) is 0 Å². The van der Waals surface area contributed by atoms with Crippen LogP contribution < -0.4 is 0 Å². The number of rotatable bonds is 58. The van der Waals surface area contributed by atoms with Crippen LogP contribution in [0.5, 0.6) is 0 Å². The van der Waals surface area contributed by atoms with E-state index in [1.165, 1.54) is 77.0 Å². The van der Waals surface area contributed by atoms with Gasteiger partial charge in [0.15, 0.2) is 6.10 Å². The third-order valence-corrected chi connectivity index (χ3v) is 13.5. The van der Waals surface area contributed by atoms with Gasteiger partial charge in [-0.25, -0.2) is 0 Å². The number of carbonyl (C=O) groups excluding carboxylic acids is 3. The van der Waals surface area contributed by atoms with Gasteiger partial charge in [-0.1, -0.05) is 269 Å². The van der Waals surface area contributed by atoms with Crippen molar-refractivity contribution in [3.05, 3.63) is 158 Å². The Bertz CT molecular complexity index is 1810. The number of unbranched alkanes of at least 4 members (excludes halogenated alkanes) is 21. The number of ether oxygens (including phenoxy) is 3. The summed E-state index contributed by atoms with van der Waals surface area (Å²) in [5.74, 6) is -0.976. The number of esters is 3. The van der Waals surface area contributed by atoms with Crippen molar-refractivity contribution < 1.29 is 28.6 Å². The maximum absolute atomic E-state index is 12.9. The van der Waals surface area contributed by atoms with Gasteiger partial charge in [0.1, 0.15) is 13.2 Å². The molecule has 0 aliphatic heterocycles. The molecule has 456 valence electrons. The van der Waals surface area contributed by atoms with Crippen LogP contribution in [0.15, 0.2) is 158 Å². The van der Waals surface area contributed by atoms with Crippen molar-refractivity contribution in [3.63, 3.8) is 0 Å². The summed E-state index contributed by atoms with van der Waals surface area (Å²) in [7, 11) is 0. The second kappa shape index (κ2) is 67.5. The summed E-state index contributed by atoms with van der Waals surface area (Å²) in [4.78, 5) is 38.3. The Morgan fingerprint density at radius 2 is 0.506 bits per heavy atom. The molecule has 0 spiro atoms. The predicted molar refractivity (Wildman–Crippen MR) is 352 cm³/mol. The van der Waals surface area contributed by atoms with Gasteiger partial charge in [0.25, 0.3) is 0 Å². The zero-order valence-corrected chi connectivity index (χ0v) is 52.2. The molecule has 0 aromatic carbocycles. The van der Waals surface area contributed by atoms with Crippen LogP contribution in [0.4, 0.5) is 0 Å². The summed E-state index contributed by atoms with van der Waals surface area (Å²) >= 11 is 0. The highest BCUT2D eigenvalue weighted by Gasteiger charge is 2.19. The van der Waals surface area contributed by atoms with E-state index in [4.69, 9.17) is 14.2 Å². The van der Waals surface area contributed by atoms with Crippen LogP contribution in [0.25, 0.3) is 0 Å². The third-order valence-electron chi connectivity index (χ3n) is 13.5. The monoisotopic (exact) mass is 1120 g/mol. The number of carbonyl (C=O) groups is 3. The van der Waals surface area contributed by atoms with Gasteiger partial charge in [0, 0.05) is 19.3 Å². The fraction of sp³-hybridized carbons (Fsp3) is 0.613. The van der Waals surface area contributed by atoms with Gasteiger partial charge in [-0.05, 0) is 148 Å². The minimum absolute atomic E-state index is 0.109.